The zero-order valence-electron chi connectivity index (χ0n) is 16.9. The second kappa shape index (κ2) is 10.4. The van der Waals surface area contributed by atoms with Crippen molar-refractivity contribution in [3.05, 3.63) is 48.4 Å². The van der Waals surface area contributed by atoms with Gasteiger partial charge in [0.25, 0.3) is 0 Å². The van der Waals surface area contributed by atoms with Crippen LogP contribution in [-0.4, -0.2) is 34.3 Å². The van der Waals surface area contributed by atoms with E-state index in [0.29, 0.717) is 5.82 Å². The van der Waals surface area contributed by atoms with Gasteiger partial charge in [0.2, 0.25) is 0 Å². The molecule has 2 heterocycles. The van der Waals surface area contributed by atoms with E-state index in [-0.39, 0.29) is 0 Å². The molecule has 0 aliphatic carbocycles. The fourth-order valence-corrected chi connectivity index (χ4v) is 3.29. The zero-order valence-corrected chi connectivity index (χ0v) is 16.9. The maximum atomic E-state index is 4.44. The second-order valence-electron chi connectivity index (χ2n) is 6.91. The van der Waals surface area contributed by atoms with E-state index in [1.807, 2.05) is 30.6 Å². The van der Waals surface area contributed by atoms with Crippen molar-refractivity contribution in [3.63, 3.8) is 0 Å². The van der Waals surface area contributed by atoms with E-state index in [0.717, 1.165) is 35.4 Å². The van der Waals surface area contributed by atoms with Gasteiger partial charge in [0.1, 0.15) is 12.1 Å². The third-order valence-electron chi connectivity index (χ3n) is 4.89. The molecule has 148 valence electrons. The summed E-state index contributed by atoms with van der Waals surface area (Å²) < 4.78 is 0. The van der Waals surface area contributed by atoms with Gasteiger partial charge in [0.05, 0.1) is 6.21 Å². The first-order valence-corrected chi connectivity index (χ1v) is 10.2. The summed E-state index contributed by atoms with van der Waals surface area (Å²) in [6.45, 7) is 6.36. The molecule has 0 unspecified atom stereocenters. The van der Waals surface area contributed by atoms with Crippen LogP contribution in [0.4, 0.5) is 11.6 Å². The molecule has 0 aliphatic rings. The standard InChI is InChI=1S/C22H30N6/c1-3-5-6-7-10-13-28(4-2)22-14-21(24-17-25-22)27-26-16-18-15-23-20-12-9-8-11-19(18)20/h8-9,11-12,14-17,23H,3-7,10,13H2,1-2H3,(H,24,25,27)/b26-16+. The molecule has 0 bridgehead atoms. The van der Waals surface area contributed by atoms with Crippen molar-refractivity contribution in [2.24, 2.45) is 5.10 Å². The van der Waals surface area contributed by atoms with Gasteiger partial charge in [-0.05, 0) is 19.4 Å². The Kier molecular flexibility index (Phi) is 7.41. The van der Waals surface area contributed by atoms with Gasteiger partial charge in [0.15, 0.2) is 5.82 Å². The van der Waals surface area contributed by atoms with E-state index in [1.54, 1.807) is 6.33 Å². The van der Waals surface area contributed by atoms with Gasteiger partial charge >= 0.3 is 0 Å². The van der Waals surface area contributed by atoms with Gasteiger partial charge in [-0.25, -0.2) is 9.97 Å². The highest BCUT2D eigenvalue weighted by molar-refractivity contribution is 5.99. The Hall–Kier alpha value is -2.89. The number of unbranched alkanes of at least 4 members (excludes halogenated alkanes) is 4. The molecule has 0 amide bonds. The number of anilines is 2. The lowest BCUT2D eigenvalue weighted by Crippen LogP contribution is -2.25. The van der Waals surface area contributed by atoms with Crippen molar-refractivity contribution >= 4 is 28.8 Å². The minimum Gasteiger partial charge on any atom is -0.361 e. The van der Waals surface area contributed by atoms with Crippen LogP contribution in [0.2, 0.25) is 0 Å². The minimum atomic E-state index is 0.700. The van der Waals surface area contributed by atoms with Gasteiger partial charge in [-0.15, -0.1) is 0 Å². The molecule has 0 radical (unpaired) electrons. The fourth-order valence-electron chi connectivity index (χ4n) is 3.29. The molecule has 0 atom stereocenters. The molecule has 2 N–H and O–H groups in total. The van der Waals surface area contributed by atoms with E-state index in [1.165, 1.54) is 32.1 Å². The summed E-state index contributed by atoms with van der Waals surface area (Å²) in [6.07, 6.45) is 11.7. The van der Waals surface area contributed by atoms with Gasteiger partial charge in [0, 0.05) is 41.8 Å². The Morgan fingerprint density at radius 3 is 2.82 bits per heavy atom. The number of rotatable bonds is 11. The maximum Gasteiger partial charge on any atom is 0.151 e. The molecule has 0 fully saturated rings. The normalized spacial score (nSPS) is 11.4. The van der Waals surface area contributed by atoms with Crippen molar-refractivity contribution < 1.29 is 0 Å². The first kappa shape index (κ1) is 19.9. The number of H-pyrrole nitrogens is 1. The molecule has 3 aromatic rings. The van der Waals surface area contributed by atoms with E-state index < -0.39 is 0 Å². The van der Waals surface area contributed by atoms with E-state index in [2.05, 4.69) is 56.4 Å². The number of benzene rings is 1. The number of nitrogens with one attached hydrogen (secondary N) is 2. The summed E-state index contributed by atoms with van der Waals surface area (Å²) in [7, 11) is 0. The van der Waals surface area contributed by atoms with Crippen LogP contribution in [0.15, 0.2) is 48.0 Å². The Morgan fingerprint density at radius 1 is 1.11 bits per heavy atom. The Balaban J connectivity index is 1.59. The Labute approximate surface area is 167 Å². The summed E-state index contributed by atoms with van der Waals surface area (Å²) in [4.78, 5) is 14.3. The van der Waals surface area contributed by atoms with Crippen molar-refractivity contribution in [1.82, 2.24) is 15.0 Å². The van der Waals surface area contributed by atoms with Crippen LogP contribution in [-0.2, 0) is 0 Å². The van der Waals surface area contributed by atoms with Crippen molar-refractivity contribution in [2.75, 3.05) is 23.4 Å². The van der Waals surface area contributed by atoms with Gasteiger partial charge in [-0.1, -0.05) is 50.8 Å². The molecular formula is C22H30N6. The fraction of sp³-hybridized carbons (Fsp3) is 0.409. The Bertz CT molecular complexity index is 885. The van der Waals surface area contributed by atoms with Gasteiger partial charge < -0.3 is 9.88 Å². The summed E-state index contributed by atoms with van der Waals surface area (Å²) in [5, 5.41) is 5.50. The van der Waals surface area contributed by atoms with E-state index >= 15 is 0 Å². The number of para-hydroxylation sites is 1. The predicted octanol–water partition coefficient (Wildman–Crippen LogP) is 5.20. The molecule has 0 aliphatic heterocycles. The SMILES string of the molecule is CCCCCCCN(CC)c1cc(N/N=C/c2c[nH]c3ccccc23)ncn1. The summed E-state index contributed by atoms with van der Waals surface area (Å²) in [6, 6.07) is 10.1. The van der Waals surface area contributed by atoms with Crippen LogP contribution < -0.4 is 10.3 Å². The number of fused-ring (bicyclic) bond motifs is 1. The molecule has 6 heteroatoms. The Morgan fingerprint density at radius 2 is 1.96 bits per heavy atom. The smallest absolute Gasteiger partial charge is 0.151 e. The van der Waals surface area contributed by atoms with Crippen LogP contribution in [0.5, 0.6) is 0 Å². The topological polar surface area (TPSA) is 69.2 Å². The number of hydrogen-bond donors (Lipinski definition) is 2. The molecule has 0 spiro atoms. The molecule has 2 aromatic heterocycles. The highest BCUT2D eigenvalue weighted by Gasteiger charge is 2.07. The first-order valence-electron chi connectivity index (χ1n) is 10.2. The van der Waals surface area contributed by atoms with E-state index in [9.17, 15) is 0 Å². The molecular weight excluding hydrogens is 348 g/mol. The second-order valence-corrected chi connectivity index (χ2v) is 6.91. The monoisotopic (exact) mass is 378 g/mol. The summed E-state index contributed by atoms with van der Waals surface area (Å²) in [5.41, 5.74) is 5.17. The molecule has 1 aromatic carbocycles. The van der Waals surface area contributed by atoms with Crippen molar-refractivity contribution in [2.45, 2.75) is 46.0 Å². The average molecular weight is 379 g/mol. The van der Waals surface area contributed by atoms with Crippen LogP contribution >= 0.6 is 0 Å². The van der Waals surface area contributed by atoms with Gasteiger partial charge in [-0.3, -0.25) is 5.43 Å². The number of hydrogen-bond acceptors (Lipinski definition) is 5. The van der Waals surface area contributed by atoms with Crippen molar-refractivity contribution in [1.29, 1.82) is 0 Å². The number of hydrazone groups is 1. The number of nitrogens with zero attached hydrogens (tertiary/aromatic N) is 4. The third-order valence-corrected chi connectivity index (χ3v) is 4.89. The molecule has 3 rings (SSSR count). The van der Waals surface area contributed by atoms with Gasteiger partial charge in [-0.2, -0.15) is 5.10 Å². The first-order chi connectivity index (χ1) is 13.8. The molecule has 6 nitrogen and oxygen atoms in total. The summed E-state index contributed by atoms with van der Waals surface area (Å²) >= 11 is 0. The number of aromatic amines is 1. The van der Waals surface area contributed by atoms with Crippen LogP contribution in [0.25, 0.3) is 10.9 Å². The van der Waals surface area contributed by atoms with Crippen molar-refractivity contribution in [3.8, 4) is 0 Å². The molecule has 0 saturated carbocycles. The highest BCUT2D eigenvalue weighted by atomic mass is 15.3. The lowest BCUT2D eigenvalue weighted by molar-refractivity contribution is 0.619. The minimum absolute atomic E-state index is 0.700. The van der Waals surface area contributed by atoms with Crippen LogP contribution in [0, 0.1) is 0 Å². The zero-order chi connectivity index (χ0) is 19.6. The van der Waals surface area contributed by atoms with E-state index in [4.69, 9.17) is 0 Å². The average Bonchev–Trinajstić information content (AvgIpc) is 3.14. The number of aromatic nitrogens is 3. The largest absolute Gasteiger partial charge is 0.361 e. The lowest BCUT2D eigenvalue weighted by Gasteiger charge is -2.22. The third kappa shape index (κ3) is 5.31. The lowest BCUT2D eigenvalue weighted by atomic mass is 10.1. The molecule has 28 heavy (non-hydrogen) atoms. The molecule has 0 saturated heterocycles. The van der Waals surface area contributed by atoms with Crippen LogP contribution in [0.3, 0.4) is 0 Å². The highest BCUT2D eigenvalue weighted by Crippen LogP contribution is 2.17. The predicted molar refractivity (Wildman–Crippen MR) is 118 cm³/mol. The summed E-state index contributed by atoms with van der Waals surface area (Å²) in [5.74, 6) is 1.64. The quantitative estimate of drug-likeness (QED) is 0.273. The maximum absolute atomic E-state index is 4.44. The van der Waals surface area contributed by atoms with Crippen LogP contribution in [0.1, 0.15) is 51.5 Å².